The van der Waals surface area contributed by atoms with E-state index in [-0.39, 0.29) is 24.2 Å². The van der Waals surface area contributed by atoms with Gasteiger partial charge < -0.3 is 24.0 Å². The van der Waals surface area contributed by atoms with Crippen LogP contribution in [0.15, 0.2) is 115 Å². The summed E-state index contributed by atoms with van der Waals surface area (Å²) < 4.78 is 25.3. The van der Waals surface area contributed by atoms with E-state index in [1.165, 1.54) is 17.3 Å². The van der Waals surface area contributed by atoms with Crippen molar-refractivity contribution in [2.45, 2.75) is 51.5 Å². The zero-order valence-corrected chi connectivity index (χ0v) is 26.8. The lowest BCUT2D eigenvalue weighted by Crippen LogP contribution is -2.67. The highest BCUT2D eigenvalue weighted by Gasteiger charge is 2.50. The fraction of sp³-hybridized carbons (Fsp3) is 0.306. The first kappa shape index (κ1) is 32.0. The van der Waals surface area contributed by atoms with E-state index in [1.807, 2.05) is 66.7 Å². The maximum atomic E-state index is 12.5. The molecule has 0 aliphatic heterocycles. The van der Waals surface area contributed by atoms with Gasteiger partial charge in [-0.2, -0.15) is 0 Å². The molecule has 0 saturated carbocycles. The normalized spacial score (nSPS) is 13.1. The quantitative estimate of drug-likeness (QED) is 0.188. The maximum Gasteiger partial charge on any atom is 0.261 e. The molecule has 226 valence electrons. The summed E-state index contributed by atoms with van der Waals surface area (Å²) >= 11 is 0. The molecular weight excluding hydrogens is 554 g/mol. The van der Waals surface area contributed by atoms with Crippen LogP contribution < -0.4 is 25.2 Å². The van der Waals surface area contributed by atoms with Gasteiger partial charge >= 0.3 is 0 Å². The molecule has 0 aliphatic rings. The number of rotatable bonds is 14. The van der Waals surface area contributed by atoms with Gasteiger partial charge in [0.05, 0.1) is 26.4 Å². The number of nitrogens with one attached hydrogen (secondary N) is 1. The molecule has 0 bridgehead atoms. The number of ether oxygens (including phenoxy) is 3. The highest BCUT2D eigenvalue weighted by Crippen LogP contribution is 2.37. The van der Waals surface area contributed by atoms with E-state index >= 15 is 0 Å². The van der Waals surface area contributed by atoms with Gasteiger partial charge in [-0.25, -0.2) is 0 Å². The van der Waals surface area contributed by atoms with Crippen molar-refractivity contribution in [3.63, 3.8) is 0 Å². The minimum atomic E-state index is -2.85. The zero-order chi connectivity index (χ0) is 30.7. The molecule has 1 amide bonds. The lowest BCUT2D eigenvalue weighted by molar-refractivity contribution is -0.122. The standard InChI is InChI=1S/C36H43NO5Si/c1-28(38)37-34(26-40-31-23-21-30(39-5)22-24-31)35(41-25-29-15-9-6-10-16-29)27-42-43(36(2,3)4,32-17-11-7-12-18-32)33-19-13-8-14-20-33/h6-24,34-35H,25-27H2,1-5H3,(H,37,38)/t34-,35-/m1/s1. The lowest BCUT2D eigenvalue weighted by atomic mass is 10.1. The number of carbonyl (C=O) groups excluding carboxylic acids is 1. The number of carbonyl (C=O) groups is 1. The second-order valence-corrected chi connectivity index (χ2v) is 15.9. The second-order valence-electron chi connectivity index (χ2n) is 11.6. The summed E-state index contributed by atoms with van der Waals surface area (Å²) in [5.41, 5.74) is 1.04. The van der Waals surface area contributed by atoms with Crippen LogP contribution in [-0.4, -0.2) is 46.7 Å². The van der Waals surface area contributed by atoms with E-state index in [0.29, 0.717) is 12.4 Å². The Morgan fingerprint density at radius 3 is 1.74 bits per heavy atom. The SMILES string of the molecule is COc1ccc(OC[C@@H](NC(C)=O)[C@@H](CO[Si](c2ccccc2)(c2ccccc2)C(C)(C)C)OCc2ccccc2)cc1. The van der Waals surface area contributed by atoms with E-state index in [2.05, 4.69) is 74.6 Å². The van der Waals surface area contributed by atoms with Gasteiger partial charge in [0.1, 0.15) is 24.2 Å². The number of hydrogen-bond acceptors (Lipinski definition) is 5. The average molecular weight is 598 g/mol. The van der Waals surface area contributed by atoms with Gasteiger partial charge in [-0.3, -0.25) is 4.79 Å². The molecule has 43 heavy (non-hydrogen) atoms. The van der Waals surface area contributed by atoms with Crippen LogP contribution in [0.4, 0.5) is 0 Å². The summed E-state index contributed by atoms with van der Waals surface area (Å²) in [7, 11) is -1.22. The predicted octanol–water partition coefficient (Wildman–Crippen LogP) is 5.74. The van der Waals surface area contributed by atoms with Crippen LogP contribution in [0.25, 0.3) is 0 Å². The molecule has 4 aromatic rings. The smallest absolute Gasteiger partial charge is 0.261 e. The van der Waals surface area contributed by atoms with Crippen LogP contribution in [0.1, 0.15) is 33.3 Å². The van der Waals surface area contributed by atoms with Gasteiger partial charge in [-0.05, 0) is 45.2 Å². The summed E-state index contributed by atoms with van der Waals surface area (Å²) in [6.07, 6.45) is -0.496. The molecule has 0 fully saturated rings. The Hall–Kier alpha value is -3.91. The first-order chi connectivity index (χ1) is 20.7. The number of benzene rings is 4. The van der Waals surface area contributed by atoms with Crippen molar-refractivity contribution < 1.29 is 23.4 Å². The molecule has 0 aromatic heterocycles. The molecule has 6 nitrogen and oxygen atoms in total. The number of hydrogen-bond donors (Lipinski definition) is 1. The fourth-order valence-electron chi connectivity index (χ4n) is 5.39. The number of methoxy groups -OCH3 is 1. The van der Waals surface area contributed by atoms with E-state index < -0.39 is 20.5 Å². The molecule has 7 heteroatoms. The Morgan fingerprint density at radius 1 is 0.744 bits per heavy atom. The molecule has 0 unspecified atom stereocenters. The Bertz CT molecular complexity index is 1350. The monoisotopic (exact) mass is 597 g/mol. The van der Waals surface area contributed by atoms with Crippen molar-refractivity contribution in [3.05, 3.63) is 121 Å². The molecule has 4 aromatic carbocycles. The van der Waals surface area contributed by atoms with E-state index in [4.69, 9.17) is 18.6 Å². The van der Waals surface area contributed by atoms with Crippen molar-refractivity contribution in [2.75, 3.05) is 20.3 Å². The molecule has 0 aliphatic carbocycles. The minimum absolute atomic E-state index is 0.165. The molecule has 4 rings (SSSR count). The summed E-state index contributed by atoms with van der Waals surface area (Å²) in [4.78, 5) is 12.5. The van der Waals surface area contributed by atoms with Crippen LogP contribution in [-0.2, 0) is 20.6 Å². The lowest BCUT2D eigenvalue weighted by Gasteiger charge is -2.44. The third kappa shape index (κ3) is 8.35. The Morgan fingerprint density at radius 2 is 1.26 bits per heavy atom. The van der Waals surface area contributed by atoms with Gasteiger partial charge in [0.15, 0.2) is 0 Å². The second kappa shape index (κ2) is 15.0. The first-order valence-corrected chi connectivity index (χ1v) is 16.6. The highest BCUT2D eigenvalue weighted by molar-refractivity contribution is 6.99. The van der Waals surface area contributed by atoms with E-state index in [9.17, 15) is 4.79 Å². The van der Waals surface area contributed by atoms with E-state index in [1.54, 1.807) is 7.11 Å². The van der Waals surface area contributed by atoms with Crippen molar-refractivity contribution in [1.82, 2.24) is 5.32 Å². The average Bonchev–Trinajstić information content (AvgIpc) is 3.02. The summed E-state index contributed by atoms with van der Waals surface area (Å²) in [6.45, 7) is 9.09. The highest BCUT2D eigenvalue weighted by atomic mass is 28.4. The minimum Gasteiger partial charge on any atom is -0.497 e. The van der Waals surface area contributed by atoms with Crippen molar-refractivity contribution >= 4 is 24.6 Å². The fourth-order valence-corrected chi connectivity index (χ4v) is 9.96. The third-order valence-electron chi connectivity index (χ3n) is 7.51. The Kier molecular flexibility index (Phi) is 11.2. The van der Waals surface area contributed by atoms with Gasteiger partial charge in [-0.1, -0.05) is 112 Å². The topological polar surface area (TPSA) is 66.0 Å². The molecule has 0 saturated heterocycles. The van der Waals surface area contributed by atoms with Crippen molar-refractivity contribution in [2.24, 2.45) is 0 Å². The van der Waals surface area contributed by atoms with Gasteiger partial charge in [0.2, 0.25) is 5.91 Å². The summed E-state index contributed by atoms with van der Waals surface area (Å²) in [6, 6.07) is 38.0. The molecule has 0 heterocycles. The van der Waals surface area contributed by atoms with E-state index in [0.717, 1.165) is 11.3 Å². The van der Waals surface area contributed by atoms with Crippen LogP contribution in [0, 0.1) is 0 Å². The maximum absolute atomic E-state index is 12.5. The van der Waals surface area contributed by atoms with Crippen LogP contribution in [0.3, 0.4) is 0 Å². The van der Waals surface area contributed by atoms with Gasteiger partial charge in [0.25, 0.3) is 8.32 Å². The Labute approximate surface area is 257 Å². The van der Waals surface area contributed by atoms with Crippen molar-refractivity contribution in [1.29, 1.82) is 0 Å². The third-order valence-corrected chi connectivity index (χ3v) is 12.5. The zero-order valence-electron chi connectivity index (χ0n) is 25.8. The van der Waals surface area contributed by atoms with Crippen LogP contribution >= 0.6 is 0 Å². The predicted molar refractivity (Wildman–Crippen MR) is 175 cm³/mol. The molecular formula is C36H43NO5Si. The largest absolute Gasteiger partial charge is 0.497 e. The van der Waals surface area contributed by atoms with Crippen molar-refractivity contribution in [3.8, 4) is 11.5 Å². The molecule has 1 N–H and O–H groups in total. The van der Waals surface area contributed by atoms with Gasteiger partial charge in [-0.15, -0.1) is 0 Å². The summed E-state index contributed by atoms with van der Waals surface area (Å²) in [5.74, 6) is 1.25. The Balaban J connectivity index is 1.69. The van der Waals surface area contributed by atoms with Crippen LogP contribution in [0.5, 0.6) is 11.5 Å². The van der Waals surface area contributed by atoms with Crippen LogP contribution in [0.2, 0.25) is 5.04 Å². The first-order valence-electron chi connectivity index (χ1n) is 14.7. The molecule has 0 radical (unpaired) electrons. The molecule has 0 spiro atoms. The number of amides is 1. The molecule has 2 atom stereocenters. The van der Waals surface area contributed by atoms with Gasteiger partial charge in [0, 0.05) is 6.92 Å². The summed E-state index contributed by atoms with van der Waals surface area (Å²) in [5, 5.41) is 5.24.